The number of amides is 2. The monoisotopic (exact) mass is 498 g/mol. The van der Waals surface area contributed by atoms with Crippen LogP contribution in [0.3, 0.4) is 0 Å². The molecule has 2 aliphatic heterocycles. The second-order valence-corrected chi connectivity index (χ2v) is 9.23. The summed E-state index contributed by atoms with van der Waals surface area (Å²) in [5, 5.41) is 13.3. The number of aliphatic hydroxyl groups excluding tert-OH is 1. The highest BCUT2D eigenvalue weighted by atomic mass is 19.4. The smallest absolute Gasteiger partial charge is 0.388 e. The number of alkyl halides is 3. The van der Waals surface area contributed by atoms with E-state index in [1.807, 2.05) is 11.9 Å². The van der Waals surface area contributed by atoms with Gasteiger partial charge in [-0.25, -0.2) is 13.6 Å². The number of nitrogens with zero attached hydrogens (tertiary/aromatic N) is 2. The van der Waals surface area contributed by atoms with E-state index in [1.165, 1.54) is 18.2 Å². The maximum Gasteiger partial charge on any atom is 0.407 e. The minimum absolute atomic E-state index is 0.0874. The molecule has 2 aliphatic rings. The van der Waals surface area contributed by atoms with Crippen molar-refractivity contribution in [1.29, 1.82) is 0 Å². The van der Waals surface area contributed by atoms with Crippen LogP contribution < -0.4 is 16.0 Å². The van der Waals surface area contributed by atoms with Crippen LogP contribution in [0.4, 0.5) is 32.4 Å². The number of halogens is 5. The van der Waals surface area contributed by atoms with Crippen LogP contribution >= 0.6 is 0 Å². The molecule has 2 heterocycles. The van der Waals surface area contributed by atoms with E-state index in [0.29, 0.717) is 43.5 Å². The van der Waals surface area contributed by atoms with Gasteiger partial charge in [-0.1, -0.05) is 6.07 Å². The van der Waals surface area contributed by atoms with E-state index in [4.69, 9.17) is 5.73 Å². The van der Waals surface area contributed by atoms with Crippen molar-refractivity contribution in [2.24, 2.45) is 5.73 Å². The Kier molecular flexibility index (Phi) is 6.67. The quantitative estimate of drug-likeness (QED) is 0.556. The molecule has 190 valence electrons. The van der Waals surface area contributed by atoms with Crippen LogP contribution in [-0.4, -0.2) is 47.9 Å². The maximum atomic E-state index is 13.9. The van der Waals surface area contributed by atoms with Gasteiger partial charge in [0.05, 0.1) is 6.10 Å². The van der Waals surface area contributed by atoms with Crippen LogP contribution in [0.2, 0.25) is 0 Å². The third kappa shape index (κ3) is 4.92. The molecule has 1 fully saturated rings. The summed E-state index contributed by atoms with van der Waals surface area (Å²) in [6.45, 7) is 0.704. The molecule has 35 heavy (non-hydrogen) atoms. The van der Waals surface area contributed by atoms with E-state index in [0.717, 1.165) is 17.8 Å². The SMILES string of the molecule is CN1c2ccc(F)cc2C(O)CC12CCN(C(=O)NCc1ccc(F)c([C@@H](N)C(F)(F)F)c1)CC2. The lowest BCUT2D eigenvalue weighted by Gasteiger charge is -2.52. The highest BCUT2D eigenvalue weighted by Crippen LogP contribution is 2.46. The molecule has 2 aromatic rings. The Morgan fingerprint density at radius 3 is 2.54 bits per heavy atom. The van der Waals surface area contributed by atoms with E-state index in [-0.39, 0.29) is 12.1 Å². The molecular formula is C24H27F5N4O2. The third-order valence-corrected chi connectivity index (χ3v) is 7.17. The highest BCUT2D eigenvalue weighted by molar-refractivity contribution is 5.74. The fourth-order valence-electron chi connectivity index (χ4n) is 5.03. The zero-order valence-electron chi connectivity index (χ0n) is 19.1. The number of hydrogen-bond donors (Lipinski definition) is 3. The predicted molar refractivity (Wildman–Crippen MR) is 120 cm³/mol. The van der Waals surface area contributed by atoms with Gasteiger partial charge < -0.3 is 26.0 Å². The van der Waals surface area contributed by atoms with Crippen molar-refractivity contribution >= 4 is 11.7 Å². The van der Waals surface area contributed by atoms with Gasteiger partial charge in [-0.05, 0) is 48.7 Å². The summed E-state index contributed by atoms with van der Waals surface area (Å²) < 4.78 is 66.2. The van der Waals surface area contributed by atoms with Crippen molar-refractivity contribution in [1.82, 2.24) is 10.2 Å². The maximum absolute atomic E-state index is 13.9. The van der Waals surface area contributed by atoms with Gasteiger partial charge in [0.15, 0.2) is 0 Å². The largest absolute Gasteiger partial charge is 0.407 e. The number of nitrogens with two attached hydrogens (primary N) is 1. The Morgan fingerprint density at radius 2 is 1.89 bits per heavy atom. The number of carbonyl (C=O) groups is 1. The van der Waals surface area contributed by atoms with Crippen LogP contribution in [0.15, 0.2) is 36.4 Å². The van der Waals surface area contributed by atoms with E-state index < -0.39 is 41.6 Å². The minimum atomic E-state index is -4.79. The van der Waals surface area contributed by atoms with Crippen molar-refractivity contribution in [2.75, 3.05) is 25.0 Å². The number of urea groups is 1. The Labute approximate surface area is 199 Å². The van der Waals surface area contributed by atoms with Crippen LogP contribution in [0.25, 0.3) is 0 Å². The van der Waals surface area contributed by atoms with Gasteiger partial charge in [0, 0.05) is 55.5 Å². The Hall–Kier alpha value is -2.92. The molecule has 2 aromatic carbocycles. The lowest BCUT2D eigenvalue weighted by molar-refractivity contribution is -0.149. The van der Waals surface area contributed by atoms with Crippen LogP contribution in [0.5, 0.6) is 0 Å². The molecule has 2 atom stereocenters. The van der Waals surface area contributed by atoms with Crippen molar-refractivity contribution in [2.45, 2.75) is 49.7 Å². The number of carbonyl (C=O) groups excluding carboxylic acids is 1. The number of hydrogen-bond acceptors (Lipinski definition) is 4. The number of nitrogens with one attached hydrogen (secondary N) is 1. The highest BCUT2D eigenvalue weighted by Gasteiger charge is 2.45. The fraction of sp³-hybridized carbons (Fsp3) is 0.458. The molecule has 6 nitrogen and oxygen atoms in total. The fourth-order valence-corrected chi connectivity index (χ4v) is 5.03. The van der Waals surface area contributed by atoms with Gasteiger partial charge in [-0.2, -0.15) is 13.2 Å². The molecule has 4 rings (SSSR count). The van der Waals surface area contributed by atoms with Crippen LogP contribution in [-0.2, 0) is 6.54 Å². The van der Waals surface area contributed by atoms with Gasteiger partial charge in [-0.3, -0.25) is 0 Å². The van der Waals surface area contributed by atoms with E-state index in [2.05, 4.69) is 5.32 Å². The molecular weight excluding hydrogens is 471 g/mol. The Balaban J connectivity index is 1.38. The average molecular weight is 498 g/mol. The number of fused-ring (bicyclic) bond motifs is 1. The second-order valence-electron chi connectivity index (χ2n) is 9.23. The molecule has 0 bridgehead atoms. The van der Waals surface area contributed by atoms with Gasteiger partial charge in [0.1, 0.15) is 17.7 Å². The molecule has 0 aromatic heterocycles. The summed E-state index contributed by atoms with van der Waals surface area (Å²) in [7, 11) is 1.90. The minimum Gasteiger partial charge on any atom is -0.388 e. The standard InChI is InChI=1S/C24H27F5N4O2/c1-32-19-5-3-15(25)11-17(19)20(34)12-23(32)6-8-33(9-7-23)22(35)31-13-14-2-4-18(26)16(10-14)21(30)24(27,28)29/h2-5,10-11,20-21,34H,6-9,12-13,30H2,1H3,(H,31,35)/t20?,21-/m1/s1. The first kappa shape index (κ1) is 25.2. The van der Waals surface area contributed by atoms with E-state index >= 15 is 0 Å². The molecule has 1 unspecified atom stereocenters. The molecule has 4 N–H and O–H groups in total. The van der Waals surface area contributed by atoms with Crippen molar-refractivity contribution in [3.8, 4) is 0 Å². The van der Waals surface area contributed by atoms with Gasteiger partial charge >= 0.3 is 12.2 Å². The van der Waals surface area contributed by atoms with E-state index in [1.54, 1.807) is 11.0 Å². The number of rotatable bonds is 3. The normalized spacial score (nSPS) is 20.5. The van der Waals surface area contributed by atoms with E-state index in [9.17, 15) is 31.9 Å². The van der Waals surface area contributed by atoms with Crippen LogP contribution in [0, 0.1) is 11.6 Å². The number of anilines is 1. The van der Waals surface area contributed by atoms with Gasteiger partial charge in [0.25, 0.3) is 0 Å². The first-order valence-electron chi connectivity index (χ1n) is 11.3. The van der Waals surface area contributed by atoms with Crippen molar-refractivity contribution in [3.63, 3.8) is 0 Å². The molecule has 0 saturated carbocycles. The number of likely N-dealkylation sites (tertiary alicyclic amines) is 1. The lowest BCUT2D eigenvalue weighted by atomic mass is 9.76. The zero-order chi connectivity index (χ0) is 25.5. The van der Waals surface area contributed by atoms with Crippen molar-refractivity contribution < 1.29 is 31.9 Å². The van der Waals surface area contributed by atoms with Crippen molar-refractivity contribution in [3.05, 3.63) is 64.7 Å². The molecule has 2 amide bonds. The predicted octanol–water partition coefficient (Wildman–Crippen LogP) is 4.14. The van der Waals surface area contributed by atoms with Crippen LogP contribution in [0.1, 0.15) is 48.1 Å². The summed E-state index contributed by atoms with van der Waals surface area (Å²) in [5.74, 6) is -1.47. The second kappa shape index (κ2) is 9.27. The number of aliphatic hydroxyl groups is 1. The summed E-state index contributed by atoms with van der Waals surface area (Å²) in [6, 6.07) is 4.70. The Morgan fingerprint density at radius 1 is 1.20 bits per heavy atom. The first-order chi connectivity index (χ1) is 16.4. The summed E-state index contributed by atoms with van der Waals surface area (Å²) in [5.41, 5.74) is 5.67. The average Bonchev–Trinajstić information content (AvgIpc) is 2.81. The first-order valence-corrected chi connectivity index (χ1v) is 11.3. The zero-order valence-corrected chi connectivity index (χ0v) is 19.1. The van der Waals surface area contributed by atoms with Gasteiger partial charge in [0.2, 0.25) is 0 Å². The molecule has 1 spiro atoms. The number of piperidine rings is 1. The number of benzene rings is 2. The third-order valence-electron chi connectivity index (χ3n) is 7.17. The Bertz CT molecular complexity index is 1100. The van der Waals surface area contributed by atoms with Gasteiger partial charge in [-0.15, -0.1) is 0 Å². The summed E-state index contributed by atoms with van der Waals surface area (Å²) in [6.07, 6.45) is -4.04. The summed E-state index contributed by atoms with van der Waals surface area (Å²) >= 11 is 0. The molecule has 1 saturated heterocycles. The lowest BCUT2D eigenvalue weighted by Crippen LogP contribution is -2.58. The topological polar surface area (TPSA) is 81.8 Å². The molecule has 11 heteroatoms. The molecule has 0 aliphatic carbocycles. The molecule has 0 radical (unpaired) electrons. The summed E-state index contributed by atoms with van der Waals surface area (Å²) in [4.78, 5) is 16.3.